The molecule has 2 nitrogen and oxygen atoms in total. The van der Waals surface area contributed by atoms with Gasteiger partial charge >= 0.3 is 0 Å². The van der Waals surface area contributed by atoms with Crippen LogP contribution in [0.1, 0.15) is 25.7 Å². The van der Waals surface area contributed by atoms with Gasteiger partial charge in [-0.05, 0) is 19.1 Å². The number of hydrogen-bond acceptors (Lipinski definition) is 2. The van der Waals surface area contributed by atoms with Crippen LogP contribution in [-0.4, -0.2) is 41.3 Å². The van der Waals surface area contributed by atoms with Crippen LogP contribution >= 0.6 is 23.4 Å². The standard InChI is InChI=1S/C10H18ClNOS/c1-14-8-10(13)12(7-6-11)9-4-2-3-5-9/h9H,2-8H2,1H3. The van der Waals surface area contributed by atoms with E-state index in [1.807, 2.05) is 11.2 Å². The van der Waals surface area contributed by atoms with Gasteiger partial charge in [0.05, 0.1) is 5.75 Å². The van der Waals surface area contributed by atoms with Gasteiger partial charge in [0.2, 0.25) is 5.91 Å². The number of hydrogen-bond donors (Lipinski definition) is 0. The van der Waals surface area contributed by atoms with Crippen LogP contribution in [0.3, 0.4) is 0 Å². The molecule has 0 saturated heterocycles. The number of carbonyl (C=O) groups is 1. The van der Waals surface area contributed by atoms with Crippen molar-refractivity contribution in [2.45, 2.75) is 31.7 Å². The average molecular weight is 236 g/mol. The van der Waals surface area contributed by atoms with Crippen molar-refractivity contribution in [3.8, 4) is 0 Å². The molecule has 0 unspecified atom stereocenters. The molecule has 1 aliphatic rings. The molecule has 0 heterocycles. The topological polar surface area (TPSA) is 20.3 Å². The minimum absolute atomic E-state index is 0.255. The predicted octanol–water partition coefficient (Wildman–Crippen LogP) is 2.36. The molecule has 0 atom stereocenters. The molecule has 0 aromatic carbocycles. The average Bonchev–Trinajstić information content (AvgIpc) is 2.67. The Balaban J connectivity index is 2.48. The van der Waals surface area contributed by atoms with E-state index in [-0.39, 0.29) is 5.91 Å². The van der Waals surface area contributed by atoms with Crippen LogP contribution in [0, 0.1) is 0 Å². The summed E-state index contributed by atoms with van der Waals surface area (Å²) in [6.07, 6.45) is 6.81. The highest BCUT2D eigenvalue weighted by Gasteiger charge is 2.25. The van der Waals surface area contributed by atoms with Gasteiger partial charge in [0.15, 0.2) is 0 Å². The maximum Gasteiger partial charge on any atom is 0.232 e. The lowest BCUT2D eigenvalue weighted by molar-refractivity contribution is -0.130. The van der Waals surface area contributed by atoms with Crippen molar-refractivity contribution >= 4 is 29.3 Å². The van der Waals surface area contributed by atoms with Gasteiger partial charge in [-0.3, -0.25) is 4.79 Å². The van der Waals surface area contributed by atoms with Crippen molar-refractivity contribution < 1.29 is 4.79 Å². The number of rotatable bonds is 5. The summed E-state index contributed by atoms with van der Waals surface area (Å²) in [5.74, 6) is 1.40. The van der Waals surface area contributed by atoms with Crippen LogP contribution in [0.5, 0.6) is 0 Å². The summed E-state index contributed by atoms with van der Waals surface area (Å²) >= 11 is 7.31. The molecule has 0 N–H and O–H groups in total. The summed E-state index contributed by atoms with van der Waals surface area (Å²) in [4.78, 5) is 13.7. The minimum Gasteiger partial charge on any atom is -0.338 e. The van der Waals surface area contributed by atoms with E-state index >= 15 is 0 Å². The maximum atomic E-state index is 11.8. The zero-order chi connectivity index (χ0) is 10.4. The fraction of sp³-hybridized carbons (Fsp3) is 0.900. The molecule has 0 spiro atoms. The SMILES string of the molecule is CSCC(=O)N(CCCl)C1CCCC1. The Bertz CT molecular complexity index is 183. The van der Waals surface area contributed by atoms with E-state index < -0.39 is 0 Å². The van der Waals surface area contributed by atoms with Crippen LogP contribution in [0.25, 0.3) is 0 Å². The number of alkyl halides is 1. The summed E-state index contributed by atoms with van der Waals surface area (Å²) in [5, 5.41) is 0. The summed E-state index contributed by atoms with van der Waals surface area (Å²) in [5.41, 5.74) is 0. The van der Waals surface area contributed by atoms with Crippen molar-refractivity contribution in [2.24, 2.45) is 0 Å². The molecule has 1 saturated carbocycles. The number of amides is 1. The number of carbonyl (C=O) groups excluding carboxylic acids is 1. The van der Waals surface area contributed by atoms with Crippen molar-refractivity contribution in [3.63, 3.8) is 0 Å². The molecule has 1 amide bonds. The van der Waals surface area contributed by atoms with E-state index in [4.69, 9.17) is 11.6 Å². The number of thioether (sulfide) groups is 1. The van der Waals surface area contributed by atoms with E-state index in [1.54, 1.807) is 11.8 Å². The molecule has 4 heteroatoms. The molecule has 1 rings (SSSR count). The van der Waals surface area contributed by atoms with Crippen LogP contribution in [0.4, 0.5) is 0 Å². The summed E-state index contributed by atoms with van der Waals surface area (Å²) < 4.78 is 0. The first-order chi connectivity index (χ1) is 6.79. The Hall–Kier alpha value is 0.110. The van der Waals surface area contributed by atoms with Crippen LogP contribution < -0.4 is 0 Å². The van der Waals surface area contributed by atoms with Crippen LogP contribution in [-0.2, 0) is 4.79 Å². The van der Waals surface area contributed by atoms with E-state index in [0.29, 0.717) is 24.2 Å². The molecule has 14 heavy (non-hydrogen) atoms. The van der Waals surface area contributed by atoms with Crippen LogP contribution in [0.15, 0.2) is 0 Å². The normalized spacial score (nSPS) is 17.3. The Kier molecular flexibility index (Phi) is 5.71. The zero-order valence-corrected chi connectivity index (χ0v) is 10.2. The number of nitrogens with zero attached hydrogens (tertiary/aromatic N) is 1. The van der Waals surface area contributed by atoms with Gasteiger partial charge in [-0.25, -0.2) is 0 Å². The first-order valence-corrected chi connectivity index (χ1v) is 7.06. The van der Waals surface area contributed by atoms with Gasteiger partial charge < -0.3 is 4.90 Å². The van der Waals surface area contributed by atoms with Gasteiger partial charge in [-0.1, -0.05) is 12.8 Å². The highest BCUT2D eigenvalue weighted by Crippen LogP contribution is 2.23. The van der Waals surface area contributed by atoms with Gasteiger partial charge in [-0.2, -0.15) is 11.8 Å². The number of halogens is 1. The van der Waals surface area contributed by atoms with Gasteiger partial charge in [0.25, 0.3) is 0 Å². The monoisotopic (exact) mass is 235 g/mol. The highest BCUT2D eigenvalue weighted by atomic mass is 35.5. The lowest BCUT2D eigenvalue weighted by atomic mass is 10.2. The second-order valence-electron chi connectivity index (χ2n) is 3.65. The van der Waals surface area contributed by atoms with Crippen molar-refractivity contribution in [3.05, 3.63) is 0 Å². The van der Waals surface area contributed by atoms with Crippen molar-refractivity contribution in [2.75, 3.05) is 24.4 Å². The molecule has 0 aromatic heterocycles. The zero-order valence-electron chi connectivity index (χ0n) is 8.67. The molecular formula is C10H18ClNOS. The third-order valence-electron chi connectivity index (χ3n) is 2.68. The summed E-state index contributed by atoms with van der Waals surface area (Å²) in [6.45, 7) is 0.714. The lowest BCUT2D eigenvalue weighted by Gasteiger charge is -2.28. The Labute approximate surface area is 95.4 Å². The largest absolute Gasteiger partial charge is 0.338 e. The summed E-state index contributed by atoms with van der Waals surface area (Å²) in [6, 6.07) is 0.466. The Morgan fingerprint density at radius 1 is 1.50 bits per heavy atom. The van der Waals surface area contributed by atoms with E-state index in [9.17, 15) is 4.79 Å². The highest BCUT2D eigenvalue weighted by molar-refractivity contribution is 7.99. The van der Waals surface area contributed by atoms with Gasteiger partial charge in [0.1, 0.15) is 0 Å². The van der Waals surface area contributed by atoms with Gasteiger partial charge in [0, 0.05) is 18.5 Å². The Morgan fingerprint density at radius 3 is 2.64 bits per heavy atom. The van der Waals surface area contributed by atoms with Crippen molar-refractivity contribution in [1.29, 1.82) is 0 Å². The molecule has 1 aliphatic carbocycles. The molecule has 0 aliphatic heterocycles. The van der Waals surface area contributed by atoms with E-state index in [2.05, 4.69) is 0 Å². The van der Waals surface area contributed by atoms with E-state index in [1.165, 1.54) is 12.8 Å². The smallest absolute Gasteiger partial charge is 0.232 e. The van der Waals surface area contributed by atoms with Gasteiger partial charge in [-0.15, -0.1) is 11.6 Å². The molecule has 1 fully saturated rings. The minimum atomic E-state index is 0.255. The fourth-order valence-electron chi connectivity index (χ4n) is 2.02. The lowest BCUT2D eigenvalue weighted by Crippen LogP contribution is -2.41. The molecule has 0 bridgehead atoms. The maximum absolute atomic E-state index is 11.8. The molecule has 0 radical (unpaired) electrons. The second kappa shape index (κ2) is 6.57. The molecular weight excluding hydrogens is 218 g/mol. The first-order valence-electron chi connectivity index (χ1n) is 5.14. The molecule has 0 aromatic rings. The third-order valence-corrected chi connectivity index (χ3v) is 3.38. The summed E-state index contributed by atoms with van der Waals surface area (Å²) in [7, 11) is 0. The predicted molar refractivity (Wildman–Crippen MR) is 63.1 cm³/mol. The van der Waals surface area contributed by atoms with Crippen molar-refractivity contribution in [1.82, 2.24) is 4.90 Å². The Morgan fingerprint density at radius 2 is 2.14 bits per heavy atom. The second-order valence-corrected chi connectivity index (χ2v) is 4.89. The fourth-order valence-corrected chi connectivity index (χ4v) is 2.62. The van der Waals surface area contributed by atoms with Crippen LogP contribution in [0.2, 0.25) is 0 Å². The quantitative estimate of drug-likeness (QED) is 0.682. The third kappa shape index (κ3) is 3.35. The molecule has 82 valence electrons. The van der Waals surface area contributed by atoms with E-state index in [0.717, 1.165) is 12.8 Å². The first kappa shape index (κ1) is 12.2.